The molecule has 0 spiro atoms. The maximum absolute atomic E-state index is 12.8. The Labute approximate surface area is 173 Å². The number of hydrogen-bond acceptors (Lipinski definition) is 4. The van der Waals surface area contributed by atoms with Gasteiger partial charge in [0, 0.05) is 13.0 Å². The van der Waals surface area contributed by atoms with E-state index < -0.39 is 11.8 Å². The Kier molecular flexibility index (Phi) is 7.29. The van der Waals surface area contributed by atoms with Crippen molar-refractivity contribution in [3.8, 4) is 5.75 Å². The van der Waals surface area contributed by atoms with Gasteiger partial charge in [0.1, 0.15) is 11.9 Å². The molecule has 2 aromatic rings. The van der Waals surface area contributed by atoms with Crippen LogP contribution >= 0.6 is 0 Å². The van der Waals surface area contributed by atoms with Gasteiger partial charge in [-0.3, -0.25) is 4.79 Å². The summed E-state index contributed by atoms with van der Waals surface area (Å²) in [6.45, 7) is 2.86. The smallest absolute Gasteiger partial charge is 0.225 e. The largest absolute Gasteiger partial charge is 0.497 e. The fourth-order valence-corrected chi connectivity index (χ4v) is 3.87. The molecule has 0 saturated carbocycles. The number of nitrogens with zero attached hydrogens (tertiary/aromatic N) is 1. The highest BCUT2D eigenvalue weighted by atomic mass is 16.5. The molecule has 0 radical (unpaired) electrons. The minimum Gasteiger partial charge on any atom is -0.497 e. The van der Waals surface area contributed by atoms with Crippen molar-refractivity contribution in [2.75, 3.05) is 7.11 Å². The number of methoxy groups -OCH3 is 1. The third-order valence-corrected chi connectivity index (χ3v) is 5.60. The van der Waals surface area contributed by atoms with E-state index >= 15 is 0 Å². The Morgan fingerprint density at radius 3 is 2.48 bits per heavy atom. The molecule has 29 heavy (non-hydrogen) atoms. The summed E-state index contributed by atoms with van der Waals surface area (Å²) in [4.78, 5) is 14.4. The van der Waals surface area contributed by atoms with Gasteiger partial charge in [-0.1, -0.05) is 55.8 Å². The molecule has 5 heteroatoms. The highest BCUT2D eigenvalue weighted by Crippen LogP contribution is 2.35. The SMILES string of the molecule is CCCCC1(O)[C@@H](OCc2ccccc2)CCC(=O)N1Cc1ccc(OC)cc1. The number of rotatable bonds is 9. The van der Waals surface area contributed by atoms with E-state index in [9.17, 15) is 9.90 Å². The summed E-state index contributed by atoms with van der Waals surface area (Å²) in [6.07, 6.45) is 2.77. The number of benzene rings is 2. The van der Waals surface area contributed by atoms with Gasteiger partial charge in [0.2, 0.25) is 5.91 Å². The van der Waals surface area contributed by atoms with E-state index in [1.165, 1.54) is 0 Å². The first-order chi connectivity index (χ1) is 14.1. The van der Waals surface area contributed by atoms with Crippen molar-refractivity contribution in [1.29, 1.82) is 0 Å². The third kappa shape index (κ3) is 5.17. The summed E-state index contributed by atoms with van der Waals surface area (Å²) < 4.78 is 11.4. The lowest BCUT2D eigenvalue weighted by atomic mass is 9.89. The summed E-state index contributed by atoms with van der Waals surface area (Å²) in [5.74, 6) is 0.739. The summed E-state index contributed by atoms with van der Waals surface area (Å²) in [5, 5.41) is 11.7. The van der Waals surface area contributed by atoms with E-state index in [-0.39, 0.29) is 5.91 Å². The molecule has 1 heterocycles. The molecule has 1 N–H and O–H groups in total. The van der Waals surface area contributed by atoms with Gasteiger partial charge in [-0.15, -0.1) is 0 Å². The molecular weight excluding hydrogens is 366 g/mol. The van der Waals surface area contributed by atoms with Crippen LogP contribution in [-0.2, 0) is 22.7 Å². The van der Waals surface area contributed by atoms with Crippen LogP contribution in [-0.4, -0.2) is 34.9 Å². The van der Waals surface area contributed by atoms with Crippen molar-refractivity contribution in [2.45, 2.75) is 64.0 Å². The number of likely N-dealkylation sites (tertiary alicyclic amines) is 1. The van der Waals surface area contributed by atoms with Crippen LogP contribution in [0.15, 0.2) is 54.6 Å². The van der Waals surface area contributed by atoms with E-state index in [1.54, 1.807) is 12.0 Å². The Balaban J connectivity index is 1.79. The Morgan fingerprint density at radius 2 is 1.83 bits per heavy atom. The van der Waals surface area contributed by atoms with Crippen molar-refractivity contribution >= 4 is 5.91 Å². The van der Waals surface area contributed by atoms with Gasteiger partial charge in [-0.2, -0.15) is 0 Å². The quantitative estimate of drug-likeness (QED) is 0.686. The fraction of sp³-hybridized carbons (Fsp3) is 0.458. The average Bonchev–Trinajstić information content (AvgIpc) is 2.76. The first kappa shape index (κ1) is 21.3. The summed E-state index contributed by atoms with van der Waals surface area (Å²) in [6, 6.07) is 17.5. The Bertz CT molecular complexity index is 777. The number of piperidine rings is 1. The van der Waals surface area contributed by atoms with Crippen LogP contribution < -0.4 is 4.74 Å². The molecule has 1 saturated heterocycles. The maximum atomic E-state index is 12.8. The zero-order chi connectivity index (χ0) is 20.7. The minimum atomic E-state index is -1.31. The van der Waals surface area contributed by atoms with Crippen LogP contribution in [0.25, 0.3) is 0 Å². The van der Waals surface area contributed by atoms with E-state index in [4.69, 9.17) is 9.47 Å². The lowest BCUT2D eigenvalue weighted by Gasteiger charge is -2.48. The number of unbranched alkanes of at least 4 members (excludes halogenated alkanes) is 1. The zero-order valence-electron chi connectivity index (χ0n) is 17.3. The highest BCUT2D eigenvalue weighted by molar-refractivity contribution is 5.78. The van der Waals surface area contributed by atoms with Gasteiger partial charge in [0.25, 0.3) is 0 Å². The normalized spacial score (nSPS) is 22.0. The second-order valence-corrected chi connectivity index (χ2v) is 7.63. The molecule has 0 bridgehead atoms. The predicted octanol–water partition coefficient (Wildman–Crippen LogP) is 4.28. The topological polar surface area (TPSA) is 59.0 Å². The van der Waals surface area contributed by atoms with Gasteiger partial charge in [0.05, 0.1) is 13.7 Å². The molecular formula is C24H31NO4. The van der Waals surface area contributed by atoms with Crippen LogP contribution in [0.5, 0.6) is 5.75 Å². The van der Waals surface area contributed by atoms with Gasteiger partial charge in [-0.05, 0) is 42.5 Å². The third-order valence-electron chi connectivity index (χ3n) is 5.60. The number of aliphatic hydroxyl groups is 1. The molecule has 0 aromatic heterocycles. The standard InChI is InChI=1S/C24H31NO4/c1-3-4-16-24(27)22(29-18-20-8-6-5-7-9-20)14-15-23(26)25(24)17-19-10-12-21(28-2)13-11-19/h5-13,22,27H,3-4,14-18H2,1-2H3/t22-,24?/m0/s1. The van der Waals surface area contributed by atoms with Crippen molar-refractivity contribution in [3.63, 3.8) is 0 Å². The second-order valence-electron chi connectivity index (χ2n) is 7.63. The molecule has 3 rings (SSSR count). The summed E-state index contributed by atoms with van der Waals surface area (Å²) in [5.41, 5.74) is 0.710. The second kappa shape index (κ2) is 9.90. The van der Waals surface area contributed by atoms with E-state index in [1.807, 2.05) is 54.6 Å². The first-order valence-electron chi connectivity index (χ1n) is 10.4. The molecule has 5 nitrogen and oxygen atoms in total. The molecule has 1 unspecified atom stereocenters. The molecule has 1 aliphatic rings. The highest BCUT2D eigenvalue weighted by Gasteiger charge is 2.48. The van der Waals surface area contributed by atoms with E-state index in [0.717, 1.165) is 29.7 Å². The van der Waals surface area contributed by atoms with Gasteiger partial charge in [-0.25, -0.2) is 0 Å². The molecule has 2 atom stereocenters. The summed E-state index contributed by atoms with van der Waals surface area (Å²) >= 11 is 0. The van der Waals surface area contributed by atoms with Crippen LogP contribution in [0, 0.1) is 0 Å². The number of amides is 1. The van der Waals surface area contributed by atoms with Crippen LogP contribution in [0.2, 0.25) is 0 Å². The van der Waals surface area contributed by atoms with Crippen LogP contribution in [0.3, 0.4) is 0 Å². The molecule has 2 aromatic carbocycles. The van der Waals surface area contributed by atoms with Gasteiger partial charge >= 0.3 is 0 Å². The number of hydrogen-bond donors (Lipinski definition) is 1. The van der Waals surface area contributed by atoms with Crippen molar-refractivity contribution < 1.29 is 19.4 Å². The lowest BCUT2D eigenvalue weighted by Crippen LogP contribution is -2.62. The fourth-order valence-electron chi connectivity index (χ4n) is 3.87. The van der Waals surface area contributed by atoms with Crippen LogP contribution in [0.4, 0.5) is 0 Å². The van der Waals surface area contributed by atoms with Crippen LogP contribution in [0.1, 0.15) is 50.2 Å². The van der Waals surface area contributed by atoms with E-state index in [2.05, 4.69) is 6.92 Å². The van der Waals surface area contributed by atoms with Crippen molar-refractivity contribution in [3.05, 3.63) is 65.7 Å². The maximum Gasteiger partial charge on any atom is 0.225 e. The van der Waals surface area contributed by atoms with Gasteiger partial charge < -0.3 is 19.5 Å². The number of ether oxygens (including phenoxy) is 2. The Morgan fingerprint density at radius 1 is 1.10 bits per heavy atom. The first-order valence-corrected chi connectivity index (χ1v) is 10.4. The monoisotopic (exact) mass is 397 g/mol. The van der Waals surface area contributed by atoms with E-state index in [0.29, 0.717) is 32.4 Å². The molecule has 1 amide bonds. The zero-order valence-corrected chi connectivity index (χ0v) is 17.3. The molecule has 1 fully saturated rings. The Hall–Kier alpha value is -2.37. The molecule has 156 valence electrons. The van der Waals surface area contributed by atoms with Crippen molar-refractivity contribution in [1.82, 2.24) is 4.90 Å². The predicted molar refractivity (Wildman–Crippen MR) is 112 cm³/mol. The molecule has 0 aliphatic carbocycles. The number of carbonyl (C=O) groups is 1. The molecule has 1 aliphatic heterocycles. The van der Waals surface area contributed by atoms with Gasteiger partial charge in [0.15, 0.2) is 5.72 Å². The number of carbonyl (C=O) groups excluding carboxylic acids is 1. The lowest BCUT2D eigenvalue weighted by molar-refractivity contribution is -0.225. The van der Waals surface area contributed by atoms with Crippen molar-refractivity contribution in [2.24, 2.45) is 0 Å². The minimum absolute atomic E-state index is 0.0287. The average molecular weight is 398 g/mol. The summed E-state index contributed by atoms with van der Waals surface area (Å²) in [7, 11) is 1.63.